The summed E-state index contributed by atoms with van der Waals surface area (Å²) >= 11 is 6.01. The van der Waals surface area contributed by atoms with Crippen molar-refractivity contribution in [3.63, 3.8) is 0 Å². The fourth-order valence-electron chi connectivity index (χ4n) is 4.53. The number of likely N-dealkylation sites (tertiary alicyclic amines) is 1. The molecule has 32 heavy (non-hydrogen) atoms. The van der Waals surface area contributed by atoms with Gasteiger partial charge >= 0.3 is 0 Å². The average molecular weight is 455 g/mol. The Kier molecular flexibility index (Phi) is 7.33. The Morgan fingerprint density at radius 3 is 2.41 bits per heavy atom. The van der Waals surface area contributed by atoms with Crippen molar-refractivity contribution in [3.8, 4) is 0 Å². The number of amides is 2. The summed E-state index contributed by atoms with van der Waals surface area (Å²) in [7, 11) is 1.94. The topological polar surface area (TPSA) is 73.5 Å². The molecule has 3 N–H and O–H groups in total. The van der Waals surface area contributed by atoms with Crippen molar-refractivity contribution < 1.29 is 9.59 Å². The van der Waals surface area contributed by atoms with Crippen LogP contribution in [0.25, 0.3) is 0 Å². The van der Waals surface area contributed by atoms with Crippen molar-refractivity contribution in [3.05, 3.63) is 64.7 Å². The third-order valence-corrected chi connectivity index (χ3v) is 6.85. The van der Waals surface area contributed by atoms with Gasteiger partial charge in [0.05, 0.1) is 5.92 Å². The van der Waals surface area contributed by atoms with Crippen LogP contribution in [-0.4, -0.2) is 56.0 Å². The molecule has 2 aromatic rings. The molecular weight excluding hydrogens is 424 g/mol. The van der Waals surface area contributed by atoms with Gasteiger partial charge in [0.2, 0.25) is 11.8 Å². The Morgan fingerprint density at radius 1 is 1.09 bits per heavy atom. The Morgan fingerprint density at radius 2 is 1.78 bits per heavy atom. The predicted octanol–water partition coefficient (Wildman–Crippen LogP) is 3.03. The largest absolute Gasteiger partial charge is 0.388 e. The molecule has 0 spiro atoms. The number of halogens is 1. The number of piperidine rings is 1. The third-order valence-electron chi connectivity index (χ3n) is 6.60. The molecule has 2 heterocycles. The number of anilines is 1. The average Bonchev–Trinajstić information content (AvgIpc) is 2.78. The summed E-state index contributed by atoms with van der Waals surface area (Å²) in [4.78, 5) is 28.0. The molecule has 2 saturated heterocycles. The third kappa shape index (κ3) is 5.25. The fourth-order valence-corrected chi connectivity index (χ4v) is 4.66. The van der Waals surface area contributed by atoms with Crippen molar-refractivity contribution in [2.45, 2.75) is 31.2 Å². The van der Waals surface area contributed by atoms with Gasteiger partial charge in [-0.3, -0.25) is 9.59 Å². The molecule has 2 amide bonds. The molecule has 2 aliphatic heterocycles. The lowest BCUT2D eigenvalue weighted by molar-refractivity contribution is -0.138. The Labute approximate surface area is 194 Å². The highest BCUT2D eigenvalue weighted by molar-refractivity contribution is 6.30. The maximum absolute atomic E-state index is 13.5. The van der Waals surface area contributed by atoms with Crippen LogP contribution < -0.4 is 16.0 Å². The molecule has 0 aromatic heterocycles. The first-order chi connectivity index (χ1) is 15.5. The van der Waals surface area contributed by atoms with E-state index >= 15 is 0 Å². The van der Waals surface area contributed by atoms with E-state index in [1.807, 2.05) is 42.3 Å². The molecule has 2 aromatic carbocycles. The van der Waals surface area contributed by atoms with E-state index in [1.165, 1.54) is 5.56 Å². The molecule has 170 valence electrons. The molecule has 1 atom stereocenters. The highest BCUT2D eigenvalue weighted by Crippen LogP contribution is 2.33. The van der Waals surface area contributed by atoms with Crippen molar-refractivity contribution in [2.75, 3.05) is 38.5 Å². The standard InChI is InChI=1S/C25H31ClN4O2/c1-27-22-5-3-2-4-21(22)18-10-12-30(13-11-18)25(32)23(29-24(31)19-15-28-16-19)14-17-6-8-20(26)9-7-17/h2-9,18-19,23,27-28H,10-16H2,1H3,(H,29,31)/t23-/m1/s1. The second kappa shape index (κ2) is 10.4. The van der Waals surface area contributed by atoms with E-state index in [0.29, 0.717) is 43.5 Å². The number of benzene rings is 2. The van der Waals surface area contributed by atoms with Gasteiger partial charge < -0.3 is 20.9 Å². The lowest BCUT2D eigenvalue weighted by Crippen LogP contribution is -2.57. The van der Waals surface area contributed by atoms with Gasteiger partial charge in [-0.25, -0.2) is 0 Å². The van der Waals surface area contributed by atoms with Crippen LogP contribution in [0.1, 0.15) is 29.9 Å². The number of nitrogens with one attached hydrogen (secondary N) is 3. The van der Waals surface area contributed by atoms with Gasteiger partial charge in [-0.15, -0.1) is 0 Å². The maximum Gasteiger partial charge on any atom is 0.245 e. The Bertz CT molecular complexity index is 937. The first kappa shape index (κ1) is 22.6. The highest BCUT2D eigenvalue weighted by atomic mass is 35.5. The van der Waals surface area contributed by atoms with Crippen LogP contribution in [0.2, 0.25) is 5.02 Å². The van der Waals surface area contributed by atoms with Crippen molar-refractivity contribution in [1.29, 1.82) is 0 Å². The number of carbonyl (C=O) groups excluding carboxylic acids is 2. The SMILES string of the molecule is CNc1ccccc1C1CCN(C(=O)[C@@H](Cc2ccc(Cl)cc2)NC(=O)C2CNC2)CC1. The van der Waals surface area contributed by atoms with Crippen molar-refractivity contribution >= 4 is 29.1 Å². The minimum atomic E-state index is -0.564. The zero-order valence-electron chi connectivity index (χ0n) is 18.4. The monoisotopic (exact) mass is 454 g/mol. The van der Waals surface area contributed by atoms with Crippen LogP contribution in [0.5, 0.6) is 0 Å². The Hall–Kier alpha value is -2.57. The smallest absolute Gasteiger partial charge is 0.245 e. The van der Waals surface area contributed by atoms with Crippen LogP contribution in [0, 0.1) is 5.92 Å². The van der Waals surface area contributed by atoms with Gasteiger partial charge in [-0.1, -0.05) is 41.9 Å². The number of para-hydroxylation sites is 1. The van der Waals surface area contributed by atoms with E-state index in [9.17, 15) is 9.59 Å². The number of rotatable bonds is 7. The molecule has 0 unspecified atom stereocenters. The van der Waals surface area contributed by atoms with E-state index < -0.39 is 6.04 Å². The van der Waals surface area contributed by atoms with Crippen molar-refractivity contribution in [1.82, 2.24) is 15.5 Å². The summed E-state index contributed by atoms with van der Waals surface area (Å²) in [5.74, 6) is 0.321. The summed E-state index contributed by atoms with van der Waals surface area (Å²) in [5.41, 5.74) is 3.45. The molecule has 6 nitrogen and oxygen atoms in total. The highest BCUT2D eigenvalue weighted by Gasteiger charge is 2.33. The van der Waals surface area contributed by atoms with Gasteiger partial charge in [0.1, 0.15) is 6.04 Å². The lowest BCUT2D eigenvalue weighted by atomic mass is 9.88. The molecule has 2 fully saturated rings. The number of nitrogens with zero attached hydrogens (tertiary/aromatic N) is 1. The zero-order valence-corrected chi connectivity index (χ0v) is 19.2. The molecule has 7 heteroatoms. The summed E-state index contributed by atoms with van der Waals surface area (Å²) < 4.78 is 0. The summed E-state index contributed by atoms with van der Waals surface area (Å²) in [6, 6.07) is 15.3. The van der Waals surface area contributed by atoms with Gasteiger partial charge in [0, 0.05) is 50.4 Å². The van der Waals surface area contributed by atoms with E-state index in [1.54, 1.807) is 0 Å². The van der Waals surface area contributed by atoms with Gasteiger partial charge in [-0.05, 0) is 48.1 Å². The number of carbonyl (C=O) groups is 2. The minimum Gasteiger partial charge on any atom is -0.388 e. The normalized spacial score (nSPS) is 18.0. The molecule has 0 bridgehead atoms. The maximum atomic E-state index is 13.5. The van der Waals surface area contributed by atoms with Gasteiger partial charge in [0.25, 0.3) is 0 Å². The number of hydrogen-bond donors (Lipinski definition) is 3. The Balaban J connectivity index is 1.43. The number of hydrogen-bond acceptors (Lipinski definition) is 4. The summed E-state index contributed by atoms with van der Waals surface area (Å²) in [5, 5.41) is 10.1. The van der Waals surface area contributed by atoms with E-state index in [0.717, 1.165) is 24.1 Å². The van der Waals surface area contributed by atoms with E-state index in [2.05, 4.69) is 34.1 Å². The van der Waals surface area contributed by atoms with E-state index in [4.69, 9.17) is 11.6 Å². The zero-order chi connectivity index (χ0) is 22.5. The minimum absolute atomic E-state index is 0.000865. The first-order valence-corrected chi connectivity index (χ1v) is 11.7. The van der Waals surface area contributed by atoms with E-state index in [-0.39, 0.29) is 17.7 Å². The van der Waals surface area contributed by atoms with Crippen LogP contribution in [0.3, 0.4) is 0 Å². The predicted molar refractivity (Wildman–Crippen MR) is 128 cm³/mol. The van der Waals surface area contributed by atoms with Gasteiger partial charge in [-0.2, -0.15) is 0 Å². The van der Waals surface area contributed by atoms with Crippen molar-refractivity contribution in [2.24, 2.45) is 5.92 Å². The molecule has 2 aliphatic rings. The quantitative estimate of drug-likeness (QED) is 0.601. The van der Waals surface area contributed by atoms with Crippen LogP contribution in [0.15, 0.2) is 48.5 Å². The molecule has 0 aliphatic carbocycles. The first-order valence-electron chi connectivity index (χ1n) is 11.4. The second-order valence-electron chi connectivity index (χ2n) is 8.68. The molecule has 0 saturated carbocycles. The fraction of sp³-hybridized carbons (Fsp3) is 0.440. The van der Waals surface area contributed by atoms with Gasteiger partial charge in [0.15, 0.2) is 0 Å². The van der Waals surface area contributed by atoms with Crippen LogP contribution >= 0.6 is 11.6 Å². The summed E-state index contributed by atoms with van der Waals surface area (Å²) in [6.07, 6.45) is 2.29. The molecular formula is C25H31ClN4O2. The van der Waals surface area contributed by atoms with Crippen LogP contribution in [-0.2, 0) is 16.0 Å². The lowest BCUT2D eigenvalue weighted by Gasteiger charge is -2.36. The molecule has 4 rings (SSSR count). The molecule has 0 radical (unpaired) electrons. The van der Waals surface area contributed by atoms with Crippen LogP contribution in [0.4, 0.5) is 5.69 Å². The second-order valence-corrected chi connectivity index (χ2v) is 9.12. The summed E-state index contributed by atoms with van der Waals surface area (Å²) in [6.45, 7) is 2.73.